The van der Waals surface area contributed by atoms with E-state index in [1.807, 2.05) is 36.5 Å². The zero-order chi connectivity index (χ0) is 25.8. The van der Waals surface area contributed by atoms with Crippen LogP contribution in [0.4, 0.5) is 0 Å². The molecule has 5 rings (SSSR count). The van der Waals surface area contributed by atoms with Gasteiger partial charge in [0.1, 0.15) is 5.75 Å². The molecule has 2 heterocycles. The maximum atomic E-state index is 13.7. The fourth-order valence-electron chi connectivity index (χ4n) is 5.60. The highest BCUT2D eigenvalue weighted by Crippen LogP contribution is 2.26. The van der Waals surface area contributed by atoms with Crippen molar-refractivity contribution in [3.63, 3.8) is 0 Å². The summed E-state index contributed by atoms with van der Waals surface area (Å²) < 4.78 is 5.46. The van der Waals surface area contributed by atoms with Crippen molar-refractivity contribution in [3.8, 4) is 5.75 Å². The number of amides is 1. The molecule has 2 atom stereocenters. The maximum absolute atomic E-state index is 13.7. The van der Waals surface area contributed by atoms with Gasteiger partial charge in [-0.3, -0.25) is 9.78 Å². The van der Waals surface area contributed by atoms with Gasteiger partial charge in [-0.25, -0.2) is 0 Å². The standard InChI is InChI=1S/C32H35N3O2/c1-22-15-23(2)17-26(16-22)32(36)35-14-12-27(20-28(35)18-24-7-6-8-29(19-24)37-3)34-21-25-11-13-33-31-10-5-4-9-30(25)31/h4-11,13,15-17,19,27-28,34H,12,14,18,20-21H2,1-3H3. The van der Waals surface area contributed by atoms with Crippen molar-refractivity contribution in [1.29, 1.82) is 0 Å². The number of piperidine rings is 1. The Morgan fingerprint density at radius 1 is 1.03 bits per heavy atom. The molecule has 1 aromatic heterocycles. The lowest BCUT2D eigenvalue weighted by atomic mass is 9.91. The predicted molar refractivity (Wildman–Crippen MR) is 149 cm³/mol. The summed E-state index contributed by atoms with van der Waals surface area (Å²) in [5.41, 5.74) is 6.48. The summed E-state index contributed by atoms with van der Waals surface area (Å²) in [7, 11) is 1.69. The molecule has 5 nitrogen and oxygen atoms in total. The van der Waals surface area contributed by atoms with Crippen LogP contribution in [0.3, 0.4) is 0 Å². The van der Waals surface area contributed by atoms with Gasteiger partial charge in [0.25, 0.3) is 5.91 Å². The molecule has 5 heteroatoms. The molecule has 0 aliphatic carbocycles. The molecule has 0 saturated carbocycles. The number of nitrogens with one attached hydrogen (secondary N) is 1. The summed E-state index contributed by atoms with van der Waals surface area (Å²) in [6.07, 6.45) is 4.51. The number of benzene rings is 3. The van der Waals surface area contributed by atoms with Crippen LogP contribution in [0.25, 0.3) is 10.9 Å². The van der Waals surface area contributed by atoms with E-state index >= 15 is 0 Å². The quantitative estimate of drug-likeness (QED) is 0.350. The van der Waals surface area contributed by atoms with Crippen LogP contribution in [0.2, 0.25) is 0 Å². The number of fused-ring (bicyclic) bond motifs is 1. The van der Waals surface area contributed by atoms with E-state index < -0.39 is 0 Å². The molecule has 0 radical (unpaired) electrons. The Kier molecular flexibility index (Phi) is 7.52. The first kappa shape index (κ1) is 25.0. The lowest BCUT2D eigenvalue weighted by Gasteiger charge is -2.40. The van der Waals surface area contributed by atoms with E-state index in [1.54, 1.807) is 7.11 Å². The zero-order valence-electron chi connectivity index (χ0n) is 21.9. The van der Waals surface area contributed by atoms with E-state index in [0.717, 1.165) is 60.3 Å². The van der Waals surface area contributed by atoms with Crippen LogP contribution in [0.15, 0.2) is 79.0 Å². The predicted octanol–water partition coefficient (Wildman–Crippen LogP) is 5.87. The van der Waals surface area contributed by atoms with Crippen LogP contribution in [0.5, 0.6) is 5.75 Å². The topological polar surface area (TPSA) is 54.5 Å². The number of rotatable bonds is 7. The van der Waals surface area contributed by atoms with Crippen molar-refractivity contribution in [3.05, 3.63) is 107 Å². The molecule has 1 saturated heterocycles. The van der Waals surface area contributed by atoms with E-state index in [2.05, 4.69) is 71.5 Å². The van der Waals surface area contributed by atoms with Gasteiger partial charge in [-0.15, -0.1) is 0 Å². The number of hydrogen-bond acceptors (Lipinski definition) is 4. The SMILES string of the molecule is COc1cccc(CC2CC(NCc3ccnc4ccccc34)CCN2C(=O)c2cc(C)cc(C)c2)c1. The average molecular weight is 494 g/mol. The Balaban J connectivity index is 1.36. The average Bonchev–Trinajstić information content (AvgIpc) is 2.91. The van der Waals surface area contributed by atoms with Crippen molar-refractivity contribution < 1.29 is 9.53 Å². The van der Waals surface area contributed by atoms with Gasteiger partial charge in [0.2, 0.25) is 0 Å². The molecule has 37 heavy (non-hydrogen) atoms. The van der Waals surface area contributed by atoms with E-state index in [4.69, 9.17) is 4.74 Å². The molecule has 2 unspecified atom stereocenters. The lowest BCUT2D eigenvalue weighted by molar-refractivity contribution is 0.0576. The normalized spacial score (nSPS) is 17.6. The number of likely N-dealkylation sites (tertiary alicyclic amines) is 1. The van der Waals surface area contributed by atoms with E-state index in [0.29, 0.717) is 6.04 Å². The monoisotopic (exact) mass is 493 g/mol. The van der Waals surface area contributed by atoms with Crippen LogP contribution in [0.1, 0.15) is 45.5 Å². The summed E-state index contributed by atoms with van der Waals surface area (Å²) in [4.78, 5) is 20.3. The number of aromatic nitrogens is 1. The summed E-state index contributed by atoms with van der Waals surface area (Å²) in [6, 6.07) is 25.1. The molecule has 4 aromatic rings. The van der Waals surface area contributed by atoms with Gasteiger partial charge in [-0.05, 0) is 80.6 Å². The number of aryl methyl sites for hydroxylation is 2. The minimum absolute atomic E-state index is 0.0980. The van der Waals surface area contributed by atoms with Crippen LogP contribution in [-0.4, -0.2) is 41.5 Å². The van der Waals surface area contributed by atoms with E-state index in [1.165, 1.54) is 16.5 Å². The second-order valence-corrected chi connectivity index (χ2v) is 10.2. The van der Waals surface area contributed by atoms with Crippen molar-refractivity contribution in [1.82, 2.24) is 15.2 Å². The third-order valence-corrected chi connectivity index (χ3v) is 7.37. The highest BCUT2D eigenvalue weighted by Gasteiger charge is 2.32. The van der Waals surface area contributed by atoms with Gasteiger partial charge in [0.05, 0.1) is 12.6 Å². The molecule has 0 spiro atoms. The van der Waals surface area contributed by atoms with Crippen molar-refractivity contribution in [2.75, 3.05) is 13.7 Å². The van der Waals surface area contributed by atoms with E-state index in [9.17, 15) is 4.79 Å². The van der Waals surface area contributed by atoms with Crippen molar-refractivity contribution >= 4 is 16.8 Å². The van der Waals surface area contributed by atoms with Gasteiger partial charge in [-0.2, -0.15) is 0 Å². The Morgan fingerprint density at radius 2 is 1.84 bits per heavy atom. The summed E-state index contributed by atoms with van der Waals surface area (Å²) in [5, 5.41) is 4.98. The van der Waals surface area contributed by atoms with Crippen molar-refractivity contribution in [2.24, 2.45) is 0 Å². The number of nitrogens with zero attached hydrogens (tertiary/aromatic N) is 2. The molecule has 1 N–H and O–H groups in total. The number of para-hydroxylation sites is 1. The first-order chi connectivity index (χ1) is 18.0. The third-order valence-electron chi connectivity index (χ3n) is 7.37. The van der Waals surface area contributed by atoms with Gasteiger partial charge in [0.15, 0.2) is 0 Å². The fourth-order valence-corrected chi connectivity index (χ4v) is 5.60. The zero-order valence-corrected chi connectivity index (χ0v) is 21.9. The molecular formula is C32H35N3O2. The Labute approximate surface area is 219 Å². The Bertz CT molecular complexity index is 1370. The number of pyridine rings is 1. The number of carbonyl (C=O) groups excluding carboxylic acids is 1. The maximum Gasteiger partial charge on any atom is 0.254 e. The second kappa shape index (κ2) is 11.1. The summed E-state index contributed by atoms with van der Waals surface area (Å²) in [5.74, 6) is 0.970. The second-order valence-electron chi connectivity index (χ2n) is 10.2. The van der Waals surface area contributed by atoms with E-state index in [-0.39, 0.29) is 11.9 Å². The molecule has 1 amide bonds. The molecule has 1 aliphatic heterocycles. The van der Waals surface area contributed by atoms with Gasteiger partial charge in [0, 0.05) is 42.3 Å². The number of carbonyl (C=O) groups is 1. The largest absolute Gasteiger partial charge is 0.497 e. The highest BCUT2D eigenvalue weighted by molar-refractivity contribution is 5.95. The molecule has 3 aromatic carbocycles. The van der Waals surface area contributed by atoms with Gasteiger partial charge in [-0.1, -0.05) is 47.5 Å². The minimum Gasteiger partial charge on any atom is -0.497 e. The first-order valence-corrected chi connectivity index (χ1v) is 13.1. The molecule has 1 fully saturated rings. The van der Waals surface area contributed by atoms with Gasteiger partial charge >= 0.3 is 0 Å². The Hall–Kier alpha value is -3.70. The summed E-state index contributed by atoms with van der Waals surface area (Å²) in [6.45, 7) is 5.62. The number of methoxy groups -OCH3 is 1. The van der Waals surface area contributed by atoms with Crippen LogP contribution in [-0.2, 0) is 13.0 Å². The highest BCUT2D eigenvalue weighted by atomic mass is 16.5. The van der Waals surface area contributed by atoms with Crippen molar-refractivity contribution in [2.45, 2.75) is 51.7 Å². The first-order valence-electron chi connectivity index (χ1n) is 13.1. The molecular weight excluding hydrogens is 458 g/mol. The fraction of sp³-hybridized carbons (Fsp3) is 0.312. The number of hydrogen-bond donors (Lipinski definition) is 1. The van der Waals surface area contributed by atoms with Crippen LogP contribution >= 0.6 is 0 Å². The van der Waals surface area contributed by atoms with Crippen LogP contribution in [0, 0.1) is 13.8 Å². The number of ether oxygens (including phenoxy) is 1. The lowest BCUT2D eigenvalue weighted by Crippen LogP contribution is -2.51. The molecule has 190 valence electrons. The minimum atomic E-state index is 0.0980. The third kappa shape index (κ3) is 5.83. The molecule has 0 bridgehead atoms. The van der Waals surface area contributed by atoms with Crippen LogP contribution < -0.4 is 10.1 Å². The Morgan fingerprint density at radius 3 is 2.65 bits per heavy atom. The summed E-state index contributed by atoms with van der Waals surface area (Å²) >= 11 is 0. The molecule has 1 aliphatic rings. The smallest absolute Gasteiger partial charge is 0.254 e. The van der Waals surface area contributed by atoms with Gasteiger partial charge < -0.3 is 15.0 Å².